The Labute approximate surface area is 51.9 Å². The predicted molar refractivity (Wildman–Crippen MR) is 36.8 cm³/mol. The van der Waals surface area contributed by atoms with Crippen LogP contribution in [0.15, 0.2) is 0 Å². The molecule has 0 aromatic rings. The topological polar surface area (TPSA) is 0 Å². The molecule has 0 aliphatic heterocycles. The molecule has 0 aliphatic carbocycles. The van der Waals surface area contributed by atoms with Crippen molar-refractivity contribution in [3.05, 3.63) is 0 Å². The SMILES string of the molecule is C[SiH](C)CCl.Cl. The van der Waals surface area contributed by atoms with Crippen molar-refractivity contribution in [1.82, 2.24) is 0 Å². The fourth-order valence-corrected chi connectivity index (χ4v) is 0. The van der Waals surface area contributed by atoms with E-state index in [1.807, 2.05) is 0 Å². The maximum atomic E-state index is 5.40. The first kappa shape index (κ1) is 9.93. The van der Waals surface area contributed by atoms with Crippen LogP contribution < -0.4 is 0 Å². The van der Waals surface area contributed by atoms with Crippen LogP contribution >= 0.6 is 24.0 Å². The van der Waals surface area contributed by atoms with Gasteiger partial charge in [-0.1, -0.05) is 13.1 Å². The molecule has 0 saturated heterocycles. The molecule has 0 saturated carbocycles. The molecule has 0 rings (SSSR count). The van der Waals surface area contributed by atoms with E-state index in [9.17, 15) is 0 Å². The van der Waals surface area contributed by atoms with Crippen LogP contribution in [-0.4, -0.2) is 14.3 Å². The van der Waals surface area contributed by atoms with Gasteiger partial charge in [-0.25, -0.2) is 0 Å². The van der Waals surface area contributed by atoms with E-state index in [0.717, 1.165) is 5.50 Å². The van der Waals surface area contributed by atoms with E-state index in [4.69, 9.17) is 11.6 Å². The summed E-state index contributed by atoms with van der Waals surface area (Å²) in [6.45, 7) is 4.46. The summed E-state index contributed by atoms with van der Waals surface area (Å²) in [5, 5.41) is 0. The van der Waals surface area contributed by atoms with Crippen LogP contribution in [0.4, 0.5) is 0 Å². The minimum atomic E-state index is -0.384. The molecule has 0 amide bonds. The molecule has 0 fully saturated rings. The summed E-state index contributed by atoms with van der Waals surface area (Å²) in [7, 11) is -0.384. The largest absolute Gasteiger partial charge is 0.147 e. The first-order valence-corrected chi connectivity index (χ1v) is 5.49. The zero-order valence-corrected chi connectivity index (χ0v) is 6.80. The van der Waals surface area contributed by atoms with E-state index in [2.05, 4.69) is 13.1 Å². The Bertz CT molecular complexity index is 22.8. The lowest BCUT2D eigenvalue weighted by atomic mass is 11.8. The number of hydrogen-bond donors (Lipinski definition) is 0. The fraction of sp³-hybridized carbons (Fsp3) is 1.00. The number of hydrogen-bond acceptors (Lipinski definition) is 0. The molecule has 3 heteroatoms. The van der Waals surface area contributed by atoms with Crippen molar-refractivity contribution in [3.8, 4) is 0 Å². The molecule has 0 aromatic carbocycles. The third-order valence-electron chi connectivity index (χ3n) is 0.309. The normalized spacial score (nSPS) is 8.00. The molecule has 0 atom stereocenters. The molecule has 40 valence electrons. The van der Waals surface area contributed by atoms with Gasteiger partial charge in [0, 0.05) is 14.3 Å². The average Bonchev–Trinajstić information content (AvgIpc) is 1.38. The van der Waals surface area contributed by atoms with Crippen molar-refractivity contribution in [2.45, 2.75) is 13.1 Å². The van der Waals surface area contributed by atoms with Crippen LogP contribution in [0.5, 0.6) is 0 Å². The molecular formula is C3H10Cl2Si. The maximum absolute atomic E-state index is 5.40. The second-order valence-electron chi connectivity index (χ2n) is 1.55. The summed E-state index contributed by atoms with van der Waals surface area (Å²) in [4.78, 5) is 0. The lowest BCUT2D eigenvalue weighted by Crippen LogP contribution is -1.99. The van der Waals surface area contributed by atoms with Crippen molar-refractivity contribution in [2.24, 2.45) is 0 Å². The quantitative estimate of drug-likeness (QED) is 0.389. The molecular weight excluding hydrogens is 135 g/mol. The van der Waals surface area contributed by atoms with Crippen LogP contribution in [0.2, 0.25) is 13.1 Å². The van der Waals surface area contributed by atoms with Crippen molar-refractivity contribution in [2.75, 3.05) is 5.50 Å². The predicted octanol–water partition coefficient (Wildman–Crippen LogP) is 1.67. The van der Waals surface area contributed by atoms with E-state index in [0.29, 0.717) is 0 Å². The van der Waals surface area contributed by atoms with Gasteiger partial charge in [-0.15, -0.1) is 24.0 Å². The first-order valence-electron chi connectivity index (χ1n) is 1.83. The van der Waals surface area contributed by atoms with Gasteiger partial charge in [0.2, 0.25) is 0 Å². The molecule has 0 spiro atoms. The Balaban J connectivity index is 0. The molecule has 0 nitrogen and oxygen atoms in total. The van der Waals surface area contributed by atoms with Crippen LogP contribution in [-0.2, 0) is 0 Å². The highest BCUT2D eigenvalue weighted by atomic mass is 35.5. The summed E-state index contributed by atoms with van der Waals surface area (Å²) in [5.41, 5.74) is 0.917. The highest BCUT2D eigenvalue weighted by molar-refractivity contribution is 6.64. The zero-order valence-electron chi connectivity index (χ0n) is 4.07. The molecule has 0 radical (unpaired) electrons. The Morgan fingerprint density at radius 2 is 1.67 bits per heavy atom. The summed E-state index contributed by atoms with van der Waals surface area (Å²) in [6.07, 6.45) is 0. The summed E-state index contributed by atoms with van der Waals surface area (Å²) in [5.74, 6) is 0. The van der Waals surface area contributed by atoms with Gasteiger partial charge in [0.1, 0.15) is 0 Å². The molecule has 6 heavy (non-hydrogen) atoms. The molecule has 0 aliphatic rings. The van der Waals surface area contributed by atoms with E-state index < -0.39 is 0 Å². The lowest BCUT2D eigenvalue weighted by Gasteiger charge is -1.85. The van der Waals surface area contributed by atoms with Crippen LogP contribution in [0.3, 0.4) is 0 Å². The number of rotatable bonds is 1. The van der Waals surface area contributed by atoms with Gasteiger partial charge in [0.25, 0.3) is 0 Å². The lowest BCUT2D eigenvalue weighted by molar-refractivity contribution is 1.85. The van der Waals surface area contributed by atoms with Crippen molar-refractivity contribution in [1.29, 1.82) is 0 Å². The fourth-order valence-electron chi connectivity index (χ4n) is 0. The summed E-state index contributed by atoms with van der Waals surface area (Å²) >= 11 is 5.40. The monoisotopic (exact) mass is 144 g/mol. The summed E-state index contributed by atoms with van der Waals surface area (Å²) in [6, 6.07) is 0. The Morgan fingerprint density at radius 3 is 1.67 bits per heavy atom. The Kier molecular flexibility index (Phi) is 9.59. The standard InChI is InChI=1S/C3H9ClSi.ClH/c1-5(2)3-4;/h5H,3H2,1-2H3;1H. The van der Waals surface area contributed by atoms with Gasteiger partial charge in [-0.05, 0) is 0 Å². The summed E-state index contributed by atoms with van der Waals surface area (Å²) < 4.78 is 0. The van der Waals surface area contributed by atoms with E-state index in [-0.39, 0.29) is 21.2 Å². The van der Waals surface area contributed by atoms with Gasteiger partial charge in [0.15, 0.2) is 0 Å². The van der Waals surface area contributed by atoms with E-state index >= 15 is 0 Å². The number of alkyl halides is 1. The number of halogens is 2. The highest BCUT2D eigenvalue weighted by Gasteiger charge is 1.85. The van der Waals surface area contributed by atoms with Gasteiger partial charge < -0.3 is 0 Å². The van der Waals surface area contributed by atoms with Crippen LogP contribution in [0.1, 0.15) is 0 Å². The van der Waals surface area contributed by atoms with Crippen LogP contribution in [0.25, 0.3) is 0 Å². The van der Waals surface area contributed by atoms with Crippen molar-refractivity contribution >= 4 is 32.8 Å². The van der Waals surface area contributed by atoms with E-state index in [1.54, 1.807) is 0 Å². The molecule has 0 aromatic heterocycles. The Hall–Kier alpha value is 0.797. The molecule has 0 unspecified atom stereocenters. The maximum Gasteiger partial charge on any atom is 0.0479 e. The average molecular weight is 145 g/mol. The minimum absolute atomic E-state index is 0. The third kappa shape index (κ3) is 8.84. The van der Waals surface area contributed by atoms with Gasteiger partial charge in [0.05, 0.1) is 0 Å². The van der Waals surface area contributed by atoms with Gasteiger partial charge >= 0.3 is 0 Å². The Morgan fingerprint density at radius 1 is 1.50 bits per heavy atom. The minimum Gasteiger partial charge on any atom is -0.147 e. The smallest absolute Gasteiger partial charge is 0.0479 e. The molecule has 0 bridgehead atoms. The second-order valence-corrected chi connectivity index (χ2v) is 5.57. The molecule has 0 N–H and O–H groups in total. The highest BCUT2D eigenvalue weighted by Crippen LogP contribution is 1.80. The van der Waals surface area contributed by atoms with E-state index in [1.165, 1.54) is 0 Å². The second kappa shape index (κ2) is 5.80. The van der Waals surface area contributed by atoms with Crippen molar-refractivity contribution < 1.29 is 0 Å². The third-order valence-corrected chi connectivity index (χ3v) is 2.78. The van der Waals surface area contributed by atoms with Crippen LogP contribution in [0, 0.1) is 0 Å². The zero-order chi connectivity index (χ0) is 4.28. The molecule has 0 heterocycles. The van der Waals surface area contributed by atoms with Gasteiger partial charge in [-0.2, -0.15) is 0 Å². The van der Waals surface area contributed by atoms with Crippen molar-refractivity contribution in [3.63, 3.8) is 0 Å². The first-order chi connectivity index (χ1) is 2.27. The van der Waals surface area contributed by atoms with Gasteiger partial charge in [-0.3, -0.25) is 0 Å².